The number of amides is 1. The first-order valence-corrected chi connectivity index (χ1v) is 10.6. The first kappa shape index (κ1) is 21.1. The van der Waals surface area contributed by atoms with Crippen LogP contribution < -0.4 is 0 Å². The first-order chi connectivity index (χ1) is 14.2. The molecule has 1 amide bonds. The Morgan fingerprint density at radius 1 is 1.03 bits per heavy atom. The summed E-state index contributed by atoms with van der Waals surface area (Å²) in [5.41, 5.74) is 0.725. The number of carbonyl (C=O) groups is 1. The van der Waals surface area contributed by atoms with E-state index in [1.54, 1.807) is 4.90 Å². The van der Waals surface area contributed by atoms with Gasteiger partial charge in [-0.3, -0.25) is 0 Å². The Hall–Kier alpha value is -2.59. The average molecular weight is 394 g/mol. The summed E-state index contributed by atoms with van der Waals surface area (Å²) in [6.45, 7) is 3.61. The van der Waals surface area contributed by atoms with E-state index in [1.807, 2.05) is 72.8 Å². The smallest absolute Gasteiger partial charge is 0.410 e. The highest BCUT2D eigenvalue weighted by molar-refractivity contribution is 5.67. The zero-order chi connectivity index (χ0) is 20.5. The van der Waals surface area contributed by atoms with Gasteiger partial charge in [0.25, 0.3) is 0 Å². The summed E-state index contributed by atoms with van der Waals surface area (Å²) in [5.74, 6) is 0.0285. The standard InChI is InChI=1S/C25H31NO3/c1-2-3-4-11-20-29-24(27)26-18-16-23(17-19-26)25(28,21-12-7-5-8-13-21)22-14-9-6-10-15-22/h4-15,23,28H,2-3,16-20H2,1H3. The van der Waals surface area contributed by atoms with Gasteiger partial charge in [0.1, 0.15) is 12.2 Å². The second-order valence-electron chi connectivity index (χ2n) is 7.60. The van der Waals surface area contributed by atoms with Crippen molar-refractivity contribution in [2.75, 3.05) is 19.7 Å². The van der Waals surface area contributed by atoms with Gasteiger partial charge in [0.15, 0.2) is 0 Å². The molecule has 1 heterocycles. The highest BCUT2D eigenvalue weighted by Crippen LogP contribution is 2.41. The number of carbonyl (C=O) groups excluding carboxylic acids is 1. The van der Waals surface area contributed by atoms with Crippen LogP contribution in [0.1, 0.15) is 43.7 Å². The van der Waals surface area contributed by atoms with Gasteiger partial charge in [-0.2, -0.15) is 0 Å². The molecule has 0 spiro atoms. The minimum absolute atomic E-state index is 0.0285. The molecule has 0 aromatic heterocycles. The van der Waals surface area contributed by atoms with Crippen molar-refractivity contribution in [3.05, 3.63) is 83.9 Å². The van der Waals surface area contributed by atoms with Crippen molar-refractivity contribution in [2.45, 2.75) is 38.2 Å². The Morgan fingerprint density at radius 3 is 2.10 bits per heavy atom. The van der Waals surface area contributed by atoms with Gasteiger partial charge >= 0.3 is 6.09 Å². The van der Waals surface area contributed by atoms with E-state index in [0.717, 1.165) is 36.8 Å². The van der Waals surface area contributed by atoms with Gasteiger partial charge in [0, 0.05) is 13.1 Å². The van der Waals surface area contributed by atoms with Crippen molar-refractivity contribution in [3.8, 4) is 0 Å². The SMILES string of the molecule is CCCC=CCOC(=O)N1CCC(C(O)(c2ccccc2)c2ccccc2)CC1. The normalized spacial score (nSPS) is 15.6. The number of rotatable bonds is 7. The monoisotopic (exact) mass is 393 g/mol. The topological polar surface area (TPSA) is 49.8 Å². The van der Waals surface area contributed by atoms with Crippen LogP contribution in [-0.4, -0.2) is 35.8 Å². The van der Waals surface area contributed by atoms with E-state index in [2.05, 4.69) is 6.92 Å². The quantitative estimate of drug-likeness (QED) is 0.664. The number of hydrogen-bond donors (Lipinski definition) is 1. The van der Waals surface area contributed by atoms with E-state index < -0.39 is 5.60 Å². The van der Waals surface area contributed by atoms with Crippen molar-refractivity contribution < 1.29 is 14.6 Å². The lowest BCUT2D eigenvalue weighted by atomic mass is 9.72. The molecule has 1 N–H and O–H groups in total. The summed E-state index contributed by atoms with van der Waals surface area (Å²) in [5, 5.41) is 11.9. The molecule has 0 radical (unpaired) electrons. The van der Waals surface area contributed by atoms with Gasteiger partial charge in [-0.25, -0.2) is 4.79 Å². The molecular formula is C25H31NO3. The summed E-state index contributed by atoms with van der Waals surface area (Å²) in [6, 6.07) is 19.7. The highest BCUT2D eigenvalue weighted by atomic mass is 16.6. The molecule has 0 atom stereocenters. The summed E-state index contributed by atoms with van der Waals surface area (Å²) in [7, 11) is 0. The molecule has 29 heavy (non-hydrogen) atoms. The van der Waals surface area contributed by atoms with E-state index in [9.17, 15) is 9.90 Å². The number of allylic oxidation sites excluding steroid dienone is 1. The first-order valence-electron chi connectivity index (χ1n) is 10.6. The Balaban J connectivity index is 1.68. The molecule has 2 aromatic carbocycles. The lowest BCUT2D eigenvalue weighted by Gasteiger charge is -2.42. The summed E-state index contributed by atoms with van der Waals surface area (Å²) in [4.78, 5) is 14.1. The predicted octanol–water partition coefficient (Wildman–Crippen LogP) is 5.13. The van der Waals surface area contributed by atoms with Crippen molar-refractivity contribution in [3.63, 3.8) is 0 Å². The molecule has 154 valence electrons. The Bertz CT molecular complexity index is 741. The van der Waals surface area contributed by atoms with Crippen LogP contribution in [0.15, 0.2) is 72.8 Å². The lowest BCUT2D eigenvalue weighted by Crippen LogP contribution is -2.46. The number of unbranched alkanes of at least 4 members (excludes halogenated alkanes) is 1. The molecule has 1 aliphatic rings. The van der Waals surface area contributed by atoms with Crippen LogP contribution in [0.2, 0.25) is 0 Å². The van der Waals surface area contributed by atoms with Crippen molar-refractivity contribution in [1.29, 1.82) is 0 Å². The van der Waals surface area contributed by atoms with E-state index in [-0.39, 0.29) is 12.0 Å². The van der Waals surface area contributed by atoms with Gasteiger partial charge < -0.3 is 14.7 Å². The molecular weight excluding hydrogens is 362 g/mol. The molecule has 4 nitrogen and oxygen atoms in total. The van der Waals surface area contributed by atoms with E-state index in [1.165, 1.54) is 0 Å². The number of likely N-dealkylation sites (tertiary alicyclic amines) is 1. The molecule has 1 aliphatic heterocycles. The minimum atomic E-state index is -1.07. The van der Waals surface area contributed by atoms with Crippen LogP contribution in [0.25, 0.3) is 0 Å². The predicted molar refractivity (Wildman–Crippen MR) is 116 cm³/mol. The summed E-state index contributed by atoms with van der Waals surface area (Å²) in [6.07, 6.45) is 7.20. The van der Waals surface area contributed by atoms with Gasteiger partial charge in [0.05, 0.1) is 0 Å². The fraction of sp³-hybridized carbons (Fsp3) is 0.400. The van der Waals surface area contributed by atoms with E-state index in [0.29, 0.717) is 19.7 Å². The van der Waals surface area contributed by atoms with E-state index >= 15 is 0 Å². The second kappa shape index (κ2) is 10.3. The maximum absolute atomic E-state index is 12.3. The lowest BCUT2D eigenvalue weighted by molar-refractivity contribution is -0.0138. The van der Waals surface area contributed by atoms with Gasteiger partial charge in [-0.1, -0.05) is 86.2 Å². The molecule has 1 fully saturated rings. The Kier molecular flexibility index (Phi) is 7.48. The average Bonchev–Trinajstić information content (AvgIpc) is 2.79. The Labute approximate surface area is 173 Å². The highest BCUT2D eigenvalue weighted by Gasteiger charge is 2.42. The number of benzene rings is 2. The molecule has 2 aromatic rings. The minimum Gasteiger partial charge on any atom is -0.445 e. The van der Waals surface area contributed by atoms with Gasteiger partial charge in [-0.05, 0) is 36.3 Å². The van der Waals surface area contributed by atoms with Crippen LogP contribution in [-0.2, 0) is 10.3 Å². The largest absolute Gasteiger partial charge is 0.445 e. The molecule has 0 aliphatic carbocycles. The van der Waals surface area contributed by atoms with Crippen LogP contribution in [0, 0.1) is 5.92 Å². The third-order valence-electron chi connectivity index (χ3n) is 5.70. The fourth-order valence-electron chi connectivity index (χ4n) is 4.07. The van der Waals surface area contributed by atoms with Crippen LogP contribution in [0.5, 0.6) is 0 Å². The zero-order valence-electron chi connectivity index (χ0n) is 17.2. The number of ether oxygens (including phenoxy) is 1. The molecule has 0 bridgehead atoms. The summed E-state index contributed by atoms with van der Waals surface area (Å²) >= 11 is 0. The van der Waals surface area contributed by atoms with Crippen molar-refractivity contribution in [2.24, 2.45) is 5.92 Å². The van der Waals surface area contributed by atoms with Crippen molar-refractivity contribution in [1.82, 2.24) is 4.90 Å². The molecule has 1 saturated heterocycles. The number of nitrogens with zero attached hydrogens (tertiary/aromatic N) is 1. The number of hydrogen-bond acceptors (Lipinski definition) is 3. The zero-order valence-corrected chi connectivity index (χ0v) is 17.2. The summed E-state index contributed by atoms with van der Waals surface area (Å²) < 4.78 is 5.36. The van der Waals surface area contributed by atoms with Gasteiger partial charge in [0.2, 0.25) is 0 Å². The van der Waals surface area contributed by atoms with Gasteiger partial charge in [-0.15, -0.1) is 0 Å². The van der Waals surface area contributed by atoms with Crippen LogP contribution >= 0.6 is 0 Å². The van der Waals surface area contributed by atoms with Crippen LogP contribution in [0.4, 0.5) is 4.79 Å². The molecule has 0 saturated carbocycles. The molecule has 3 rings (SSSR count). The maximum atomic E-state index is 12.3. The second-order valence-corrected chi connectivity index (χ2v) is 7.60. The number of piperidine rings is 1. The molecule has 0 unspecified atom stereocenters. The fourth-order valence-corrected chi connectivity index (χ4v) is 4.07. The number of aliphatic hydroxyl groups is 1. The van der Waals surface area contributed by atoms with E-state index in [4.69, 9.17) is 4.74 Å². The maximum Gasteiger partial charge on any atom is 0.410 e. The third-order valence-corrected chi connectivity index (χ3v) is 5.70. The Morgan fingerprint density at radius 2 is 1.59 bits per heavy atom. The molecule has 4 heteroatoms. The van der Waals surface area contributed by atoms with Crippen molar-refractivity contribution >= 4 is 6.09 Å². The van der Waals surface area contributed by atoms with Crippen LogP contribution in [0.3, 0.4) is 0 Å². The third kappa shape index (κ3) is 5.07.